The van der Waals surface area contributed by atoms with Crippen LogP contribution in [0.25, 0.3) is 0 Å². The maximum Gasteiger partial charge on any atom is 0.328 e. The van der Waals surface area contributed by atoms with Crippen molar-refractivity contribution in [1.29, 1.82) is 0 Å². The number of hydrogen-bond donors (Lipinski definition) is 2. The second-order valence-electron chi connectivity index (χ2n) is 6.03. The van der Waals surface area contributed by atoms with Crippen LogP contribution in [-0.2, 0) is 14.3 Å². The van der Waals surface area contributed by atoms with Crippen molar-refractivity contribution in [2.24, 2.45) is 11.3 Å². The van der Waals surface area contributed by atoms with Gasteiger partial charge in [0.2, 0.25) is 5.91 Å². The molecule has 0 spiro atoms. The van der Waals surface area contributed by atoms with E-state index in [1.54, 1.807) is 0 Å². The molecule has 2 atom stereocenters. The second-order valence-corrected chi connectivity index (χ2v) is 6.03. The summed E-state index contributed by atoms with van der Waals surface area (Å²) in [5.74, 6) is -0.374. The zero-order chi connectivity index (χ0) is 15.2. The zero-order valence-corrected chi connectivity index (χ0v) is 13.1. The van der Waals surface area contributed by atoms with Gasteiger partial charge in [0, 0.05) is 6.54 Å². The number of nitrogens with one attached hydrogen (secondary N) is 2. The lowest BCUT2D eigenvalue weighted by molar-refractivity contribution is -0.148. The molecule has 1 fully saturated rings. The van der Waals surface area contributed by atoms with Crippen molar-refractivity contribution in [2.75, 3.05) is 20.2 Å². The molecule has 0 aromatic rings. The molecule has 5 heteroatoms. The maximum absolute atomic E-state index is 12.7. The fourth-order valence-corrected chi connectivity index (χ4v) is 2.89. The van der Waals surface area contributed by atoms with Crippen LogP contribution in [-0.4, -0.2) is 38.1 Å². The number of ether oxygens (including phenoxy) is 1. The van der Waals surface area contributed by atoms with Crippen molar-refractivity contribution in [2.45, 2.75) is 52.5 Å². The van der Waals surface area contributed by atoms with Gasteiger partial charge in [-0.2, -0.15) is 0 Å². The molecule has 1 aliphatic heterocycles. The fourth-order valence-electron chi connectivity index (χ4n) is 2.89. The van der Waals surface area contributed by atoms with Crippen molar-refractivity contribution in [3.05, 3.63) is 0 Å². The monoisotopic (exact) mass is 284 g/mol. The first kappa shape index (κ1) is 17.0. The van der Waals surface area contributed by atoms with E-state index >= 15 is 0 Å². The van der Waals surface area contributed by atoms with Crippen LogP contribution in [0.3, 0.4) is 0 Å². The van der Waals surface area contributed by atoms with Crippen LogP contribution < -0.4 is 10.6 Å². The summed E-state index contributed by atoms with van der Waals surface area (Å²) in [7, 11) is 1.36. The number of carbonyl (C=O) groups is 2. The van der Waals surface area contributed by atoms with Crippen LogP contribution >= 0.6 is 0 Å². The molecule has 1 aliphatic rings. The number of amides is 1. The van der Waals surface area contributed by atoms with Gasteiger partial charge >= 0.3 is 5.97 Å². The van der Waals surface area contributed by atoms with Crippen molar-refractivity contribution in [1.82, 2.24) is 10.6 Å². The second kappa shape index (κ2) is 7.62. The molecule has 116 valence electrons. The van der Waals surface area contributed by atoms with Gasteiger partial charge in [0.1, 0.15) is 6.04 Å². The summed E-state index contributed by atoms with van der Waals surface area (Å²) in [4.78, 5) is 24.5. The summed E-state index contributed by atoms with van der Waals surface area (Å²) < 4.78 is 4.79. The Bertz CT molecular complexity index is 331. The predicted molar refractivity (Wildman–Crippen MR) is 78.2 cm³/mol. The van der Waals surface area contributed by atoms with E-state index in [9.17, 15) is 9.59 Å². The summed E-state index contributed by atoms with van der Waals surface area (Å²) >= 11 is 0. The smallest absolute Gasteiger partial charge is 0.328 e. The third-order valence-electron chi connectivity index (χ3n) is 4.09. The number of hydrogen-bond acceptors (Lipinski definition) is 4. The average Bonchev–Trinajstić information content (AvgIpc) is 2.44. The number of carbonyl (C=O) groups excluding carboxylic acids is 2. The molecule has 0 aliphatic carbocycles. The topological polar surface area (TPSA) is 67.4 Å². The molecule has 1 rings (SSSR count). The Kier molecular flexibility index (Phi) is 6.46. The molecule has 1 saturated heterocycles. The third-order valence-corrected chi connectivity index (χ3v) is 4.09. The lowest BCUT2D eigenvalue weighted by atomic mass is 9.76. The highest BCUT2D eigenvalue weighted by molar-refractivity contribution is 5.88. The van der Waals surface area contributed by atoms with Gasteiger partial charge in [0.25, 0.3) is 0 Å². The van der Waals surface area contributed by atoms with Gasteiger partial charge in [0.05, 0.1) is 12.5 Å². The summed E-state index contributed by atoms with van der Waals surface area (Å²) in [6.45, 7) is 7.56. The van der Waals surface area contributed by atoms with Gasteiger partial charge in [-0.3, -0.25) is 4.79 Å². The molecule has 0 radical (unpaired) electrons. The highest BCUT2D eigenvalue weighted by Gasteiger charge is 2.40. The number of rotatable bonds is 6. The number of methoxy groups -OCH3 is 1. The lowest BCUT2D eigenvalue weighted by Crippen LogP contribution is -2.55. The molecule has 0 aromatic carbocycles. The van der Waals surface area contributed by atoms with Gasteiger partial charge in [0.15, 0.2) is 0 Å². The lowest BCUT2D eigenvalue weighted by Gasteiger charge is -2.37. The van der Waals surface area contributed by atoms with Crippen molar-refractivity contribution < 1.29 is 14.3 Å². The van der Waals surface area contributed by atoms with Crippen molar-refractivity contribution in [3.8, 4) is 0 Å². The quantitative estimate of drug-likeness (QED) is 0.725. The highest BCUT2D eigenvalue weighted by Crippen LogP contribution is 2.32. The van der Waals surface area contributed by atoms with E-state index in [1.165, 1.54) is 7.11 Å². The molecular formula is C15H28N2O3. The Morgan fingerprint density at radius 3 is 2.55 bits per heavy atom. The van der Waals surface area contributed by atoms with E-state index in [0.717, 1.165) is 32.2 Å². The predicted octanol–water partition coefficient (Wildman–Crippen LogP) is 1.47. The van der Waals surface area contributed by atoms with E-state index in [0.29, 0.717) is 6.54 Å². The molecule has 1 amide bonds. The maximum atomic E-state index is 12.7. The normalized spacial score (nSPS) is 24.2. The van der Waals surface area contributed by atoms with Crippen molar-refractivity contribution in [3.63, 3.8) is 0 Å². The van der Waals surface area contributed by atoms with Gasteiger partial charge in [-0.25, -0.2) is 4.79 Å². The minimum absolute atomic E-state index is 0.0154. The van der Waals surface area contributed by atoms with Crippen LogP contribution in [0.5, 0.6) is 0 Å². The third kappa shape index (κ3) is 3.95. The van der Waals surface area contributed by atoms with Gasteiger partial charge in [-0.15, -0.1) is 0 Å². The Labute approximate surface area is 121 Å². The Morgan fingerprint density at radius 2 is 2.10 bits per heavy atom. The molecule has 0 bridgehead atoms. The van der Waals surface area contributed by atoms with Gasteiger partial charge in [-0.05, 0) is 31.7 Å². The SMILES string of the molecule is CCCC1(C(=O)N[C@H](C(=O)OC)C(C)C)CCCNC1. The first-order valence-electron chi connectivity index (χ1n) is 7.56. The van der Waals surface area contributed by atoms with Gasteiger partial charge < -0.3 is 15.4 Å². The van der Waals surface area contributed by atoms with Crippen LogP contribution in [0.15, 0.2) is 0 Å². The summed E-state index contributed by atoms with van der Waals surface area (Å²) in [6.07, 6.45) is 3.68. The van der Waals surface area contributed by atoms with E-state index in [4.69, 9.17) is 4.74 Å². The van der Waals surface area contributed by atoms with E-state index in [1.807, 2.05) is 13.8 Å². The van der Waals surface area contributed by atoms with E-state index in [2.05, 4.69) is 17.6 Å². The molecular weight excluding hydrogens is 256 g/mol. The van der Waals surface area contributed by atoms with Crippen LogP contribution in [0, 0.1) is 11.3 Å². The first-order chi connectivity index (χ1) is 9.46. The Balaban J connectivity index is 2.81. The Morgan fingerprint density at radius 1 is 1.40 bits per heavy atom. The van der Waals surface area contributed by atoms with Gasteiger partial charge in [-0.1, -0.05) is 27.2 Å². The summed E-state index contributed by atoms with van der Waals surface area (Å²) in [5.41, 5.74) is -0.381. The molecule has 20 heavy (non-hydrogen) atoms. The minimum Gasteiger partial charge on any atom is -0.467 e. The molecule has 1 heterocycles. The molecule has 2 N–H and O–H groups in total. The number of esters is 1. The largest absolute Gasteiger partial charge is 0.467 e. The highest BCUT2D eigenvalue weighted by atomic mass is 16.5. The summed E-state index contributed by atoms with van der Waals surface area (Å²) in [5, 5.41) is 6.22. The molecule has 5 nitrogen and oxygen atoms in total. The Hall–Kier alpha value is -1.10. The summed E-state index contributed by atoms with van der Waals surface area (Å²) in [6, 6.07) is -0.567. The average molecular weight is 284 g/mol. The molecule has 0 aromatic heterocycles. The molecule has 0 saturated carbocycles. The molecule has 1 unspecified atom stereocenters. The van der Waals surface area contributed by atoms with Crippen LogP contribution in [0.4, 0.5) is 0 Å². The standard InChI is InChI=1S/C15H28N2O3/c1-5-7-15(8-6-9-16-10-15)14(19)17-12(11(2)3)13(18)20-4/h11-12,16H,5-10H2,1-4H3,(H,17,19)/t12-,15?/m0/s1. The van der Waals surface area contributed by atoms with Crippen molar-refractivity contribution >= 4 is 11.9 Å². The minimum atomic E-state index is -0.567. The van der Waals surface area contributed by atoms with Crippen LogP contribution in [0.2, 0.25) is 0 Å². The first-order valence-corrected chi connectivity index (χ1v) is 7.56. The number of piperidine rings is 1. The van der Waals surface area contributed by atoms with Crippen LogP contribution in [0.1, 0.15) is 46.5 Å². The van der Waals surface area contributed by atoms with E-state index < -0.39 is 6.04 Å². The van der Waals surface area contributed by atoms with E-state index in [-0.39, 0.29) is 23.2 Å². The fraction of sp³-hybridized carbons (Fsp3) is 0.867. The zero-order valence-electron chi connectivity index (χ0n) is 13.1.